The number of carbonyl (C=O) groups excluding carboxylic acids is 1. The van der Waals surface area contributed by atoms with E-state index >= 15 is 0 Å². The SMILES string of the molecule is COC1(OC)C=CC(=O)C2C=CC=CC21. The van der Waals surface area contributed by atoms with E-state index in [4.69, 9.17) is 9.47 Å². The molecule has 0 radical (unpaired) electrons. The summed E-state index contributed by atoms with van der Waals surface area (Å²) in [7, 11) is 3.18. The van der Waals surface area contributed by atoms with E-state index in [0.29, 0.717) is 0 Å². The van der Waals surface area contributed by atoms with Crippen LogP contribution in [0.1, 0.15) is 0 Å². The molecule has 0 aromatic carbocycles. The van der Waals surface area contributed by atoms with Gasteiger partial charge in [-0.2, -0.15) is 0 Å². The molecule has 0 amide bonds. The second-order valence-electron chi connectivity index (χ2n) is 3.69. The standard InChI is InChI=1S/C12H14O3/c1-14-12(15-2)8-7-11(13)9-5-3-4-6-10(9)12/h3-10H,1-2H3. The summed E-state index contributed by atoms with van der Waals surface area (Å²) >= 11 is 0. The summed E-state index contributed by atoms with van der Waals surface area (Å²) < 4.78 is 10.8. The van der Waals surface area contributed by atoms with Crippen molar-refractivity contribution in [1.29, 1.82) is 0 Å². The van der Waals surface area contributed by atoms with Gasteiger partial charge in [0.2, 0.25) is 0 Å². The molecule has 3 heteroatoms. The van der Waals surface area contributed by atoms with Crippen molar-refractivity contribution >= 4 is 5.78 Å². The van der Waals surface area contributed by atoms with Crippen molar-refractivity contribution in [2.45, 2.75) is 5.79 Å². The second kappa shape index (κ2) is 3.76. The fraction of sp³-hybridized carbons (Fsp3) is 0.417. The lowest BCUT2D eigenvalue weighted by atomic mass is 9.75. The van der Waals surface area contributed by atoms with E-state index in [9.17, 15) is 4.79 Å². The van der Waals surface area contributed by atoms with Crippen LogP contribution in [0.4, 0.5) is 0 Å². The number of ketones is 1. The van der Waals surface area contributed by atoms with E-state index in [1.165, 1.54) is 6.08 Å². The predicted molar refractivity (Wildman–Crippen MR) is 56.2 cm³/mol. The summed E-state index contributed by atoms with van der Waals surface area (Å²) in [6.45, 7) is 0. The molecule has 2 rings (SSSR count). The smallest absolute Gasteiger partial charge is 0.195 e. The fourth-order valence-corrected chi connectivity index (χ4v) is 2.18. The van der Waals surface area contributed by atoms with E-state index in [-0.39, 0.29) is 17.6 Å². The molecule has 0 saturated heterocycles. The molecule has 0 bridgehead atoms. The van der Waals surface area contributed by atoms with Crippen molar-refractivity contribution in [3.8, 4) is 0 Å². The van der Waals surface area contributed by atoms with E-state index in [1.54, 1.807) is 20.3 Å². The molecule has 15 heavy (non-hydrogen) atoms. The van der Waals surface area contributed by atoms with Crippen LogP contribution in [0.2, 0.25) is 0 Å². The average molecular weight is 206 g/mol. The van der Waals surface area contributed by atoms with Crippen LogP contribution in [0.3, 0.4) is 0 Å². The third kappa shape index (κ3) is 1.48. The molecule has 2 aliphatic carbocycles. The second-order valence-corrected chi connectivity index (χ2v) is 3.69. The van der Waals surface area contributed by atoms with Gasteiger partial charge in [0.05, 0.1) is 5.92 Å². The maximum Gasteiger partial charge on any atom is 0.195 e. The molecule has 2 atom stereocenters. The van der Waals surface area contributed by atoms with Gasteiger partial charge >= 0.3 is 0 Å². The molecular weight excluding hydrogens is 192 g/mol. The zero-order chi connectivity index (χ0) is 10.9. The van der Waals surface area contributed by atoms with Crippen LogP contribution in [0.5, 0.6) is 0 Å². The summed E-state index contributed by atoms with van der Waals surface area (Å²) in [5, 5.41) is 0. The van der Waals surface area contributed by atoms with Gasteiger partial charge in [0, 0.05) is 20.1 Å². The highest BCUT2D eigenvalue weighted by Crippen LogP contribution is 2.38. The minimum atomic E-state index is -0.806. The van der Waals surface area contributed by atoms with E-state index in [2.05, 4.69) is 0 Å². The molecule has 0 aliphatic heterocycles. The lowest BCUT2D eigenvalue weighted by Crippen LogP contribution is -2.47. The van der Waals surface area contributed by atoms with Gasteiger partial charge in [-0.05, 0) is 12.2 Å². The van der Waals surface area contributed by atoms with Crippen molar-refractivity contribution in [3.63, 3.8) is 0 Å². The van der Waals surface area contributed by atoms with Crippen LogP contribution < -0.4 is 0 Å². The Balaban J connectivity index is 2.43. The van der Waals surface area contributed by atoms with Gasteiger partial charge in [-0.15, -0.1) is 0 Å². The zero-order valence-electron chi connectivity index (χ0n) is 8.84. The number of hydrogen-bond donors (Lipinski definition) is 0. The molecule has 3 nitrogen and oxygen atoms in total. The first-order chi connectivity index (χ1) is 7.23. The first kappa shape index (κ1) is 10.3. The third-order valence-electron chi connectivity index (χ3n) is 3.05. The Kier molecular flexibility index (Phi) is 2.59. The van der Waals surface area contributed by atoms with Gasteiger partial charge in [0.1, 0.15) is 0 Å². The fourth-order valence-electron chi connectivity index (χ4n) is 2.18. The summed E-state index contributed by atoms with van der Waals surface area (Å²) in [5.41, 5.74) is 0. The first-order valence-electron chi connectivity index (χ1n) is 4.92. The van der Waals surface area contributed by atoms with Crippen molar-refractivity contribution in [1.82, 2.24) is 0 Å². The number of ether oxygens (including phenoxy) is 2. The van der Waals surface area contributed by atoms with Crippen molar-refractivity contribution in [2.24, 2.45) is 11.8 Å². The van der Waals surface area contributed by atoms with Gasteiger partial charge in [0.15, 0.2) is 11.6 Å². The van der Waals surface area contributed by atoms with Crippen molar-refractivity contribution in [3.05, 3.63) is 36.5 Å². The summed E-state index contributed by atoms with van der Waals surface area (Å²) in [5.74, 6) is -0.944. The quantitative estimate of drug-likeness (QED) is 0.642. The van der Waals surface area contributed by atoms with Crippen LogP contribution in [0, 0.1) is 11.8 Å². The number of carbonyl (C=O) groups is 1. The number of allylic oxidation sites excluding steroid dienone is 4. The molecule has 0 saturated carbocycles. The van der Waals surface area contributed by atoms with Gasteiger partial charge in [0.25, 0.3) is 0 Å². The van der Waals surface area contributed by atoms with E-state index < -0.39 is 5.79 Å². The molecule has 0 aromatic rings. The Morgan fingerprint density at radius 3 is 2.53 bits per heavy atom. The third-order valence-corrected chi connectivity index (χ3v) is 3.05. The van der Waals surface area contributed by atoms with Crippen LogP contribution in [0.25, 0.3) is 0 Å². The monoisotopic (exact) mass is 206 g/mol. The number of methoxy groups -OCH3 is 2. The highest BCUT2D eigenvalue weighted by Gasteiger charge is 2.45. The van der Waals surface area contributed by atoms with Crippen LogP contribution in [0.15, 0.2) is 36.5 Å². The van der Waals surface area contributed by atoms with Gasteiger partial charge < -0.3 is 9.47 Å². The molecule has 0 N–H and O–H groups in total. The van der Waals surface area contributed by atoms with Crippen molar-refractivity contribution < 1.29 is 14.3 Å². The minimum Gasteiger partial charge on any atom is -0.349 e. The predicted octanol–water partition coefficient (Wildman–Crippen LogP) is 1.47. The maximum absolute atomic E-state index is 11.7. The number of rotatable bonds is 2. The zero-order valence-corrected chi connectivity index (χ0v) is 8.84. The van der Waals surface area contributed by atoms with Gasteiger partial charge in [-0.1, -0.05) is 24.3 Å². The maximum atomic E-state index is 11.7. The topological polar surface area (TPSA) is 35.5 Å². The van der Waals surface area contributed by atoms with Crippen molar-refractivity contribution in [2.75, 3.05) is 14.2 Å². The summed E-state index contributed by atoms with van der Waals surface area (Å²) in [6.07, 6.45) is 10.9. The Hall–Kier alpha value is -1.19. The summed E-state index contributed by atoms with van der Waals surface area (Å²) in [4.78, 5) is 11.7. The van der Waals surface area contributed by atoms with Crippen LogP contribution in [-0.4, -0.2) is 25.8 Å². The molecule has 2 aliphatic rings. The molecule has 0 fully saturated rings. The highest BCUT2D eigenvalue weighted by atomic mass is 16.7. The molecule has 2 unspecified atom stereocenters. The average Bonchev–Trinajstić information content (AvgIpc) is 2.31. The lowest BCUT2D eigenvalue weighted by molar-refractivity contribution is -0.204. The Morgan fingerprint density at radius 1 is 1.20 bits per heavy atom. The molecule has 0 spiro atoms. The molecule has 0 heterocycles. The lowest BCUT2D eigenvalue weighted by Gasteiger charge is -2.40. The Morgan fingerprint density at radius 2 is 1.87 bits per heavy atom. The number of hydrogen-bond acceptors (Lipinski definition) is 3. The number of fused-ring (bicyclic) bond motifs is 1. The van der Waals surface area contributed by atoms with E-state index in [0.717, 1.165) is 0 Å². The minimum absolute atomic E-state index is 0.0741. The van der Waals surface area contributed by atoms with Gasteiger partial charge in [-0.25, -0.2) is 0 Å². The van der Waals surface area contributed by atoms with Crippen LogP contribution >= 0.6 is 0 Å². The van der Waals surface area contributed by atoms with Crippen LogP contribution in [-0.2, 0) is 14.3 Å². The molecule has 80 valence electrons. The van der Waals surface area contributed by atoms with E-state index in [1.807, 2.05) is 24.3 Å². The molecular formula is C12H14O3. The highest BCUT2D eigenvalue weighted by molar-refractivity contribution is 5.95. The first-order valence-corrected chi connectivity index (χ1v) is 4.92. The normalized spacial score (nSPS) is 31.7. The Labute approximate surface area is 89.1 Å². The van der Waals surface area contributed by atoms with Gasteiger partial charge in [-0.3, -0.25) is 4.79 Å². The molecule has 0 aromatic heterocycles. The largest absolute Gasteiger partial charge is 0.349 e. The Bertz CT molecular complexity index is 348. The summed E-state index contributed by atoms with van der Waals surface area (Å²) in [6, 6.07) is 0.